The summed E-state index contributed by atoms with van der Waals surface area (Å²) in [5.74, 6) is 0.171. The SMILES string of the molecule is CCc1ccc(C(C)N2CC(N)CC2=O)cc1. The van der Waals surface area contributed by atoms with Gasteiger partial charge >= 0.3 is 0 Å². The fourth-order valence-electron chi connectivity index (χ4n) is 2.35. The Morgan fingerprint density at radius 3 is 2.53 bits per heavy atom. The van der Waals surface area contributed by atoms with Crippen LogP contribution in [0.5, 0.6) is 0 Å². The van der Waals surface area contributed by atoms with Gasteiger partial charge in [-0.25, -0.2) is 0 Å². The van der Waals surface area contributed by atoms with E-state index in [0.717, 1.165) is 6.42 Å². The number of rotatable bonds is 3. The van der Waals surface area contributed by atoms with E-state index in [4.69, 9.17) is 5.73 Å². The topological polar surface area (TPSA) is 46.3 Å². The van der Waals surface area contributed by atoms with Crippen molar-refractivity contribution in [1.29, 1.82) is 0 Å². The molecule has 1 fully saturated rings. The molecule has 1 saturated heterocycles. The lowest BCUT2D eigenvalue weighted by atomic mass is 10.0. The van der Waals surface area contributed by atoms with Gasteiger partial charge in [0.1, 0.15) is 0 Å². The molecule has 0 aromatic heterocycles. The summed E-state index contributed by atoms with van der Waals surface area (Å²) in [5, 5.41) is 0. The van der Waals surface area contributed by atoms with Crippen LogP contribution < -0.4 is 5.73 Å². The highest BCUT2D eigenvalue weighted by molar-refractivity contribution is 5.79. The van der Waals surface area contributed by atoms with Crippen molar-refractivity contribution in [1.82, 2.24) is 4.90 Å². The van der Waals surface area contributed by atoms with Crippen LogP contribution in [0.4, 0.5) is 0 Å². The quantitative estimate of drug-likeness (QED) is 0.864. The number of carbonyl (C=O) groups is 1. The van der Waals surface area contributed by atoms with E-state index < -0.39 is 0 Å². The average molecular weight is 232 g/mol. The van der Waals surface area contributed by atoms with E-state index in [1.54, 1.807) is 0 Å². The smallest absolute Gasteiger partial charge is 0.224 e. The Balaban J connectivity index is 2.13. The normalized spacial score (nSPS) is 21.9. The number of aryl methyl sites for hydroxylation is 1. The molecule has 1 aliphatic heterocycles. The number of carbonyl (C=O) groups excluding carboxylic acids is 1. The first-order valence-corrected chi connectivity index (χ1v) is 6.25. The second kappa shape index (κ2) is 4.88. The van der Waals surface area contributed by atoms with Crippen molar-refractivity contribution in [2.45, 2.75) is 38.8 Å². The molecule has 17 heavy (non-hydrogen) atoms. The predicted octanol–water partition coefficient (Wildman–Crippen LogP) is 1.87. The molecular formula is C14H20N2O. The predicted molar refractivity (Wildman–Crippen MR) is 68.5 cm³/mol. The Morgan fingerprint density at radius 1 is 1.41 bits per heavy atom. The number of hydrogen-bond donors (Lipinski definition) is 1. The Labute approximate surface area is 103 Å². The van der Waals surface area contributed by atoms with Crippen molar-refractivity contribution in [2.24, 2.45) is 5.73 Å². The van der Waals surface area contributed by atoms with Crippen LogP contribution in [0.25, 0.3) is 0 Å². The number of nitrogens with two attached hydrogens (primary N) is 1. The Morgan fingerprint density at radius 2 is 2.06 bits per heavy atom. The largest absolute Gasteiger partial charge is 0.334 e. The lowest BCUT2D eigenvalue weighted by Gasteiger charge is -2.25. The molecule has 1 aliphatic rings. The van der Waals surface area contributed by atoms with Gasteiger partial charge in [0.25, 0.3) is 0 Å². The molecule has 0 aliphatic carbocycles. The molecule has 2 unspecified atom stereocenters. The highest BCUT2D eigenvalue weighted by atomic mass is 16.2. The minimum atomic E-state index is -0.000125. The van der Waals surface area contributed by atoms with Gasteiger partial charge in [0.05, 0.1) is 6.04 Å². The number of likely N-dealkylation sites (tertiary alicyclic amines) is 1. The van der Waals surface area contributed by atoms with Crippen molar-refractivity contribution < 1.29 is 4.79 Å². The van der Waals surface area contributed by atoms with Crippen LogP contribution in [-0.2, 0) is 11.2 Å². The summed E-state index contributed by atoms with van der Waals surface area (Å²) in [6.07, 6.45) is 1.53. The molecule has 1 aromatic carbocycles. The Kier molecular flexibility index (Phi) is 3.48. The Bertz CT molecular complexity index is 399. The molecular weight excluding hydrogens is 212 g/mol. The van der Waals surface area contributed by atoms with Gasteiger partial charge < -0.3 is 10.6 Å². The van der Waals surface area contributed by atoms with E-state index in [2.05, 4.69) is 38.1 Å². The maximum absolute atomic E-state index is 11.8. The number of hydrogen-bond acceptors (Lipinski definition) is 2. The van der Waals surface area contributed by atoms with Crippen molar-refractivity contribution in [3.8, 4) is 0 Å². The monoisotopic (exact) mass is 232 g/mol. The number of benzene rings is 1. The van der Waals surface area contributed by atoms with Crippen molar-refractivity contribution in [2.75, 3.05) is 6.54 Å². The van der Waals surface area contributed by atoms with Gasteiger partial charge in [-0.1, -0.05) is 31.2 Å². The molecule has 2 N–H and O–H groups in total. The van der Waals surface area contributed by atoms with Crippen LogP contribution in [0.1, 0.15) is 37.4 Å². The standard InChI is InChI=1S/C14H20N2O/c1-3-11-4-6-12(7-5-11)10(2)16-9-13(15)8-14(16)17/h4-7,10,13H,3,8-9,15H2,1-2H3. The van der Waals surface area contributed by atoms with Crippen molar-refractivity contribution in [3.05, 3.63) is 35.4 Å². The van der Waals surface area contributed by atoms with Gasteiger partial charge in [-0.15, -0.1) is 0 Å². The van der Waals surface area contributed by atoms with Crippen LogP contribution in [0, 0.1) is 0 Å². The van der Waals surface area contributed by atoms with Crippen LogP contribution in [0.15, 0.2) is 24.3 Å². The maximum Gasteiger partial charge on any atom is 0.224 e. The zero-order chi connectivity index (χ0) is 12.4. The first-order valence-electron chi connectivity index (χ1n) is 6.25. The van der Waals surface area contributed by atoms with E-state index >= 15 is 0 Å². The molecule has 1 aromatic rings. The lowest BCUT2D eigenvalue weighted by Crippen LogP contribution is -2.30. The van der Waals surface area contributed by atoms with Crippen LogP contribution in [-0.4, -0.2) is 23.4 Å². The van der Waals surface area contributed by atoms with Gasteiger partial charge in [-0.05, 0) is 24.5 Å². The molecule has 0 spiro atoms. The number of nitrogens with zero attached hydrogens (tertiary/aromatic N) is 1. The summed E-state index contributed by atoms with van der Waals surface area (Å²) in [7, 11) is 0. The summed E-state index contributed by atoms with van der Waals surface area (Å²) >= 11 is 0. The fourth-order valence-corrected chi connectivity index (χ4v) is 2.35. The third-order valence-electron chi connectivity index (χ3n) is 3.53. The highest BCUT2D eigenvalue weighted by Crippen LogP contribution is 2.25. The van der Waals surface area contributed by atoms with Gasteiger partial charge in [-0.3, -0.25) is 4.79 Å². The second-order valence-corrected chi connectivity index (χ2v) is 4.78. The summed E-state index contributed by atoms with van der Waals surface area (Å²) in [5.41, 5.74) is 8.32. The van der Waals surface area contributed by atoms with Gasteiger partial charge in [-0.2, -0.15) is 0 Å². The van der Waals surface area contributed by atoms with Gasteiger partial charge in [0, 0.05) is 19.0 Å². The van der Waals surface area contributed by atoms with E-state index in [0.29, 0.717) is 13.0 Å². The third kappa shape index (κ3) is 2.50. The molecule has 1 heterocycles. The average Bonchev–Trinajstić information content (AvgIpc) is 2.68. The van der Waals surface area contributed by atoms with E-state index in [1.165, 1.54) is 11.1 Å². The Hall–Kier alpha value is -1.35. The first kappa shape index (κ1) is 12.1. The van der Waals surface area contributed by atoms with Gasteiger partial charge in [0.15, 0.2) is 0 Å². The second-order valence-electron chi connectivity index (χ2n) is 4.78. The third-order valence-corrected chi connectivity index (χ3v) is 3.53. The minimum Gasteiger partial charge on any atom is -0.334 e. The van der Waals surface area contributed by atoms with Gasteiger partial charge in [0.2, 0.25) is 5.91 Å². The maximum atomic E-state index is 11.8. The summed E-state index contributed by atoms with van der Waals surface area (Å²) in [4.78, 5) is 13.6. The van der Waals surface area contributed by atoms with Crippen LogP contribution in [0.2, 0.25) is 0 Å². The zero-order valence-corrected chi connectivity index (χ0v) is 10.5. The van der Waals surface area contributed by atoms with E-state index in [9.17, 15) is 4.79 Å². The molecule has 2 atom stereocenters. The van der Waals surface area contributed by atoms with Crippen LogP contribution in [0.3, 0.4) is 0 Å². The zero-order valence-electron chi connectivity index (χ0n) is 10.5. The molecule has 1 amide bonds. The number of amides is 1. The van der Waals surface area contributed by atoms with E-state index in [-0.39, 0.29) is 18.0 Å². The summed E-state index contributed by atoms with van der Waals surface area (Å²) in [6.45, 7) is 4.88. The molecule has 3 heteroatoms. The molecule has 3 nitrogen and oxygen atoms in total. The van der Waals surface area contributed by atoms with Crippen molar-refractivity contribution >= 4 is 5.91 Å². The molecule has 92 valence electrons. The first-order chi connectivity index (χ1) is 8.11. The fraction of sp³-hybridized carbons (Fsp3) is 0.500. The van der Waals surface area contributed by atoms with Crippen molar-refractivity contribution in [3.63, 3.8) is 0 Å². The van der Waals surface area contributed by atoms with Crippen LogP contribution >= 0.6 is 0 Å². The molecule has 0 bridgehead atoms. The molecule has 0 saturated carbocycles. The van der Waals surface area contributed by atoms with E-state index in [1.807, 2.05) is 4.90 Å². The summed E-state index contributed by atoms with van der Waals surface area (Å²) in [6, 6.07) is 8.61. The molecule has 2 rings (SSSR count). The minimum absolute atomic E-state index is 0.000125. The lowest BCUT2D eigenvalue weighted by molar-refractivity contribution is -0.129. The molecule has 0 radical (unpaired) electrons. The summed E-state index contributed by atoms with van der Waals surface area (Å²) < 4.78 is 0. The highest BCUT2D eigenvalue weighted by Gasteiger charge is 2.30.